The molecule has 2 atom stereocenters. The highest BCUT2D eigenvalue weighted by Gasteiger charge is 2.20. The molecule has 5 nitrogen and oxygen atoms in total. The molecule has 0 aromatic heterocycles. The van der Waals surface area contributed by atoms with E-state index in [9.17, 15) is 4.21 Å². The highest BCUT2D eigenvalue weighted by atomic mass is 32.2. The number of aliphatic imine (C=N–C) groups is 1. The van der Waals surface area contributed by atoms with Crippen LogP contribution < -0.4 is 15.5 Å². The van der Waals surface area contributed by atoms with Gasteiger partial charge in [-0.25, -0.2) is 0 Å². The maximum atomic E-state index is 12.3. The van der Waals surface area contributed by atoms with E-state index < -0.39 is 10.8 Å². The van der Waals surface area contributed by atoms with Crippen molar-refractivity contribution in [3.05, 3.63) is 66.2 Å². The van der Waals surface area contributed by atoms with Gasteiger partial charge in [0.05, 0.1) is 6.54 Å². The minimum absolute atomic E-state index is 0.358. The second kappa shape index (κ2) is 11.6. The Morgan fingerprint density at radius 3 is 2.59 bits per heavy atom. The highest BCUT2D eigenvalue weighted by Crippen LogP contribution is 2.19. The van der Waals surface area contributed by atoms with E-state index in [-0.39, 0.29) is 0 Å². The van der Waals surface area contributed by atoms with E-state index in [0.717, 1.165) is 44.0 Å². The number of nitrogens with one attached hydrogen (secondary N) is 2. The van der Waals surface area contributed by atoms with Crippen LogP contribution in [0.1, 0.15) is 25.3 Å². The van der Waals surface area contributed by atoms with Crippen LogP contribution in [-0.4, -0.2) is 48.1 Å². The Kier molecular flexibility index (Phi) is 8.56. The van der Waals surface area contributed by atoms with Gasteiger partial charge in [-0.2, -0.15) is 0 Å². The average Bonchev–Trinajstić information content (AvgIpc) is 2.75. The Labute approximate surface area is 177 Å². The summed E-state index contributed by atoms with van der Waals surface area (Å²) in [4.78, 5) is 7.10. The molecule has 0 amide bonds. The summed E-state index contributed by atoms with van der Waals surface area (Å²) in [5.74, 6) is 1.99. The largest absolute Gasteiger partial charge is 0.369 e. The third-order valence-corrected chi connectivity index (χ3v) is 6.28. The van der Waals surface area contributed by atoms with Crippen molar-refractivity contribution in [3.63, 3.8) is 0 Å². The number of anilines is 1. The van der Waals surface area contributed by atoms with Crippen LogP contribution in [0.4, 0.5) is 5.69 Å². The maximum absolute atomic E-state index is 12.3. The van der Waals surface area contributed by atoms with E-state index in [0.29, 0.717) is 24.1 Å². The molecule has 156 valence electrons. The lowest BCUT2D eigenvalue weighted by Crippen LogP contribution is -2.51. The first-order valence-corrected chi connectivity index (χ1v) is 12.0. The normalized spacial score (nSPS) is 18.3. The maximum Gasteiger partial charge on any atom is 0.191 e. The van der Waals surface area contributed by atoms with Gasteiger partial charge >= 0.3 is 0 Å². The summed E-state index contributed by atoms with van der Waals surface area (Å²) in [7, 11) is -0.900. The lowest BCUT2D eigenvalue weighted by Gasteiger charge is -2.35. The summed E-state index contributed by atoms with van der Waals surface area (Å²) in [6.07, 6.45) is 2.29. The molecule has 0 spiro atoms. The van der Waals surface area contributed by atoms with Gasteiger partial charge in [0.25, 0.3) is 0 Å². The SMILES string of the molecule is CCNC(=NCCS(=O)Cc1ccccc1)NC1CCCN(c2ccccc2)C1. The zero-order valence-electron chi connectivity index (χ0n) is 17.2. The van der Waals surface area contributed by atoms with Gasteiger partial charge in [0.1, 0.15) is 0 Å². The lowest BCUT2D eigenvalue weighted by atomic mass is 10.1. The van der Waals surface area contributed by atoms with E-state index in [1.54, 1.807) is 0 Å². The second-order valence-corrected chi connectivity index (χ2v) is 8.88. The zero-order valence-corrected chi connectivity index (χ0v) is 18.0. The monoisotopic (exact) mass is 412 g/mol. The first kappa shape index (κ1) is 21.4. The van der Waals surface area contributed by atoms with Crippen molar-refractivity contribution in [1.29, 1.82) is 0 Å². The standard InChI is InChI=1S/C23H32N4OS/c1-2-24-23(25-15-17-29(28)19-20-10-5-3-6-11-20)26-21-12-9-16-27(18-21)22-13-7-4-8-14-22/h3-8,10-11,13-14,21H,2,9,12,15-19H2,1H3,(H2,24,25,26). The molecule has 3 rings (SSSR count). The van der Waals surface area contributed by atoms with E-state index in [1.807, 2.05) is 30.3 Å². The fourth-order valence-corrected chi connectivity index (χ4v) is 4.58. The van der Waals surface area contributed by atoms with Gasteiger partial charge in [-0.3, -0.25) is 9.20 Å². The van der Waals surface area contributed by atoms with Crippen molar-refractivity contribution in [2.24, 2.45) is 4.99 Å². The minimum atomic E-state index is -0.900. The number of para-hydroxylation sites is 1. The summed E-state index contributed by atoms with van der Waals surface area (Å²) in [5.41, 5.74) is 2.39. The Hall–Kier alpha value is -2.34. The van der Waals surface area contributed by atoms with Crippen molar-refractivity contribution in [2.45, 2.75) is 31.6 Å². The van der Waals surface area contributed by atoms with Crippen LogP contribution in [0.5, 0.6) is 0 Å². The summed E-state index contributed by atoms with van der Waals surface area (Å²) >= 11 is 0. The van der Waals surface area contributed by atoms with Crippen LogP contribution in [0, 0.1) is 0 Å². The molecule has 6 heteroatoms. The van der Waals surface area contributed by atoms with Crippen LogP contribution in [0.15, 0.2) is 65.7 Å². The molecule has 2 N–H and O–H groups in total. The minimum Gasteiger partial charge on any atom is -0.369 e. The Bertz CT molecular complexity index is 782. The number of guanidine groups is 1. The van der Waals surface area contributed by atoms with Crippen LogP contribution in [0.2, 0.25) is 0 Å². The van der Waals surface area contributed by atoms with Gasteiger partial charge in [-0.1, -0.05) is 48.5 Å². The molecule has 1 saturated heterocycles. The molecule has 1 aliphatic heterocycles. The smallest absolute Gasteiger partial charge is 0.191 e. The van der Waals surface area contributed by atoms with Gasteiger partial charge in [-0.05, 0) is 37.5 Å². The highest BCUT2D eigenvalue weighted by molar-refractivity contribution is 7.84. The fourth-order valence-electron chi connectivity index (χ4n) is 3.57. The van der Waals surface area contributed by atoms with E-state index >= 15 is 0 Å². The summed E-state index contributed by atoms with van der Waals surface area (Å²) in [6.45, 7) is 5.50. The third-order valence-electron chi connectivity index (χ3n) is 4.99. The van der Waals surface area contributed by atoms with Crippen LogP contribution >= 0.6 is 0 Å². The number of hydrogen-bond donors (Lipinski definition) is 2. The molecular weight excluding hydrogens is 380 g/mol. The molecule has 0 saturated carbocycles. The van der Waals surface area contributed by atoms with Crippen molar-refractivity contribution < 1.29 is 4.21 Å². The van der Waals surface area contributed by atoms with Gasteiger partial charge in [-0.15, -0.1) is 0 Å². The van der Waals surface area contributed by atoms with Crippen molar-refractivity contribution in [1.82, 2.24) is 10.6 Å². The van der Waals surface area contributed by atoms with Crippen LogP contribution in [0.3, 0.4) is 0 Å². The topological polar surface area (TPSA) is 56.7 Å². The predicted octanol–water partition coefficient (Wildman–Crippen LogP) is 3.16. The molecule has 1 aliphatic rings. The van der Waals surface area contributed by atoms with Gasteiger partial charge in [0, 0.05) is 53.7 Å². The number of benzene rings is 2. The molecule has 2 aromatic carbocycles. The van der Waals surface area contributed by atoms with Crippen molar-refractivity contribution in [2.75, 3.05) is 36.8 Å². The van der Waals surface area contributed by atoms with E-state index in [4.69, 9.17) is 0 Å². The summed E-state index contributed by atoms with van der Waals surface area (Å²) < 4.78 is 12.3. The van der Waals surface area contributed by atoms with E-state index in [1.165, 1.54) is 5.69 Å². The quantitative estimate of drug-likeness (QED) is 0.517. The number of hydrogen-bond acceptors (Lipinski definition) is 3. The predicted molar refractivity (Wildman–Crippen MR) is 124 cm³/mol. The molecule has 1 fully saturated rings. The Balaban J connectivity index is 1.50. The van der Waals surface area contributed by atoms with E-state index in [2.05, 4.69) is 57.8 Å². The average molecular weight is 413 g/mol. The van der Waals surface area contributed by atoms with Gasteiger partial charge < -0.3 is 15.5 Å². The zero-order chi connectivity index (χ0) is 20.3. The Morgan fingerprint density at radius 1 is 1.14 bits per heavy atom. The second-order valence-electron chi connectivity index (χ2n) is 7.30. The molecule has 2 unspecified atom stereocenters. The molecule has 0 radical (unpaired) electrons. The van der Waals surface area contributed by atoms with Crippen LogP contribution in [0.25, 0.3) is 0 Å². The summed E-state index contributed by atoms with van der Waals surface area (Å²) in [6, 6.07) is 20.9. The number of nitrogens with zero attached hydrogens (tertiary/aromatic N) is 2. The summed E-state index contributed by atoms with van der Waals surface area (Å²) in [5, 5.41) is 6.91. The first-order valence-electron chi connectivity index (χ1n) is 10.5. The number of rotatable bonds is 8. The molecular formula is C23H32N4OS. The lowest BCUT2D eigenvalue weighted by molar-refractivity contribution is 0.468. The first-order chi connectivity index (χ1) is 14.2. The molecule has 1 heterocycles. The number of piperidine rings is 1. The fraction of sp³-hybridized carbons (Fsp3) is 0.435. The molecule has 2 aromatic rings. The third kappa shape index (κ3) is 7.20. The van der Waals surface area contributed by atoms with Gasteiger partial charge in [0.15, 0.2) is 5.96 Å². The Morgan fingerprint density at radius 2 is 1.86 bits per heavy atom. The van der Waals surface area contributed by atoms with Crippen LogP contribution in [-0.2, 0) is 16.6 Å². The molecule has 0 bridgehead atoms. The van der Waals surface area contributed by atoms with Crippen molar-refractivity contribution >= 4 is 22.4 Å². The van der Waals surface area contributed by atoms with Gasteiger partial charge in [0.2, 0.25) is 0 Å². The molecule has 29 heavy (non-hydrogen) atoms. The molecule has 0 aliphatic carbocycles. The van der Waals surface area contributed by atoms with Crippen molar-refractivity contribution in [3.8, 4) is 0 Å².